The van der Waals surface area contributed by atoms with Gasteiger partial charge in [-0.3, -0.25) is 4.79 Å². The molecule has 0 bridgehead atoms. The first kappa shape index (κ1) is 26.4. The highest BCUT2D eigenvalue weighted by Gasteiger charge is 2.47. The molecule has 5 atom stereocenters. The third-order valence-electron chi connectivity index (χ3n) is 9.07. The Labute approximate surface area is 222 Å². The van der Waals surface area contributed by atoms with E-state index in [2.05, 4.69) is 24.3 Å². The van der Waals surface area contributed by atoms with E-state index in [0.717, 1.165) is 44.1 Å². The zero-order chi connectivity index (χ0) is 25.5. The average Bonchev–Trinajstić information content (AvgIpc) is 3.52. The molecule has 0 saturated heterocycles. The fourth-order valence-corrected chi connectivity index (χ4v) is 7.15. The molecule has 3 aliphatic rings. The normalized spacial score (nSPS) is 26.8. The van der Waals surface area contributed by atoms with E-state index in [1.54, 1.807) is 0 Å². The van der Waals surface area contributed by atoms with Crippen LogP contribution in [0.25, 0.3) is 0 Å². The molecule has 5 rings (SSSR count). The number of nitrogens with zero attached hydrogens (tertiary/aromatic N) is 1. The molecule has 3 aliphatic carbocycles. The highest BCUT2D eigenvalue weighted by atomic mass is 16.5. The van der Waals surface area contributed by atoms with Crippen molar-refractivity contribution >= 4 is 5.97 Å². The molecule has 2 aromatic carbocycles. The standard InChI is InChI=1S/C32H43NO4/c34-32(21-18-29(26-14-8-3-9-15-26)33(35)22-24-10-4-1-5-11-24)37-31-20-17-27-28(31)16-19-30(27)36-23-25-12-6-2-7-13-25/h1-2,4-7,10-13,26-31,35H,3,8-9,14-23H2/t27-,28-,29?,30-,31+/m1/s1. The van der Waals surface area contributed by atoms with Gasteiger partial charge in [0.15, 0.2) is 0 Å². The molecule has 3 fully saturated rings. The number of carbonyl (C=O) groups is 1. The first-order valence-electron chi connectivity index (χ1n) is 14.5. The van der Waals surface area contributed by atoms with Crippen LogP contribution in [0.5, 0.6) is 0 Å². The minimum absolute atomic E-state index is 0.00775. The largest absolute Gasteiger partial charge is 0.462 e. The lowest BCUT2D eigenvalue weighted by Crippen LogP contribution is -2.39. The van der Waals surface area contributed by atoms with Crippen LogP contribution in [0.15, 0.2) is 60.7 Å². The van der Waals surface area contributed by atoms with Crippen molar-refractivity contribution < 1.29 is 19.5 Å². The molecule has 0 aromatic heterocycles. The number of ether oxygens (including phenoxy) is 2. The van der Waals surface area contributed by atoms with E-state index in [1.807, 2.05) is 36.4 Å². The topological polar surface area (TPSA) is 59.0 Å². The minimum Gasteiger partial charge on any atom is -0.462 e. The maximum absolute atomic E-state index is 13.0. The van der Waals surface area contributed by atoms with Gasteiger partial charge >= 0.3 is 5.97 Å². The van der Waals surface area contributed by atoms with Crippen molar-refractivity contribution in [3.05, 3.63) is 71.8 Å². The highest BCUT2D eigenvalue weighted by molar-refractivity contribution is 5.69. The van der Waals surface area contributed by atoms with Gasteiger partial charge in [0.05, 0.1) is 12.7 Å². The van der Waals surface area contributed by atoms with Crippen LogP contribution in [0.4, 0.5) is 0 Å². The summed E-state index contributed by atoms with van der Waals surface area (Å²) >= 11 is 0. The van der Waals surface area contributed by atoms with Crippen LogP contribution in [0.2, 0.25) is 0 Å². The molecule has 2 aromatic rings. The molecular formula is C32H43NO4. The van der Waals surface area contributed by atoms with Gasteiger partial charge in [0.25, 0.3) is 0 Å². The monoisotopic (exact) mass is 505 g/mol. The Morgan fingerprint density at radius 3 is 2.14 bits per heavy atom. The van der Waals surface area contributed by atoms with Gasteiger partial charge in [0.1, 0.15) is 6.10 Å². The summed E-state index contributed by atoms with van der Waals surface area (Å²) in [6.45, 7) is 1.15. The maximum Gasteiger partial charge on any atom is 0.306 e. The van der Waals surface area contributed by atoms with Crippen LogP contribution in [0.1, 0.15) is 81.8 Å². The van der Waals surface area contributed by atoms with Crippen LogP contribution < -0.4 is 0 Å². The second-order valence-electron chi connectivity index (χ2n) is 11.4. The molecular weight excluding hydrogens is 462 g/mol. The molecule has 3 saturated carbocycles. The fraction of sp³-hybridized carbons (Fsp3) is 0.594. The summed E-state index contributed by atoms with van der Waals surface area (Å²) in [6.07, 6.45) is 11.4. The Hall–Kier alpha value is -2.21. The zero-order valence-corrected chi connectivity index (χ0v) is 22.0. The van der Waals surface area contributed by atoms with Gasteiger partial charge in [-0.25, -0.2) is 0 Å². The van der Waals surface area contributed by atoms with Gasteiger partial charge < -0.3 is 14.7 Å². The first-order chi connectivity index (χ1) is 18.2. The molecule has 1 unspecified atom stereocenters. The van der Waals surface area contributed by atoms with Crippen molar-refractivity contribution in [1.82, 2.24) is 5.06 Å². The van der Waals surface area contributed by atoms with Crippen molar-refractivity contribution in [2.75, 3.05) is 0 Å². The van der Waals surface area contributed by atoms with Gasteiger partial charge in [0, 0.05) is 24.9 Å². The van der Waals surface area contributed by atoms with Crippen molar-refractivity contribution in [3.8, 4) is 0 Å². The lowest BCUT2D eigenvalue weighted by atomic mass is 9.82. The van der Waals surface area contributed by atoms with Crippen LogP contribution in [0, 0.1) is 17.8 Å². The number of fused-ring (bicyclic) bond motifs is 1. The van der Waals surface area contributed by atoms with Crippen molar-refractivity contribution in [3.63, 3.8) is 0 Å². The first-order valence-corrected chi connectivity index (χ1v) is 14.5. The summed E-state index contributed by atoms with van der Waals surface area (Å²) < 4.78 is 12.4. The Bertz CT molecular complexity index is 961. The SMILES string of the molecule is O=C(CCC(C1CCCCC1)N(O)Cc1ccccc1)O[C@H]1CC[C@@H]2[C@H]1CC[C@H]2OCc1ccccc1. The summed E-state index contributed by atoms with van der Waals surface area (Å²) in [6, 6.07) is 20.4. The molecule has 0 amide bonds. The smallest absolute Gasteiger partial charge is 0.306 e. The Morgan fingerprint density at radius 1 is 0.811 bits per heavy atom. The Balaban J connectivity index is 1.11. The number of rotatable bonds is 11. The van der Waals surface area contributed by atoms with Gasteiger partial charge in [-0.2, -0.15) is 5.06 Å². The van der Waals surface area contributed by atoms with E-state index in [9.17, 15) is 10.0 Å². The second-order valence-corrected chi connectivity index (χ2v) is 11.4. The predicted molar refractivity (Wildman–Crippen MR) is 144 cm³/mol. The Morgan fingerprint density at radius 2 is 1.43 bits per heavy atom. The van der Waals surface area contributed by atoms with Gasteiger partial charge in [0.2, 0.25) is 0 Å². The highest BCUT2D eigenvalue weighted by Crippen LogP contribution is 2.47. The molecule has 200 valence electrons. The number of esters is 1. The Kier molecular flexibility index (Phi) is 9.30. The molecule has 0 heterocycles. The molecule has 37 heavy (non-hydrogen) atoms. The third-order valence-corrected chi connectivity index (χ3v) is 9.07. The molecule has 0 spiro atoms. The van der Waals surface area contributed by atoms with Crippen LogP contribution >= 0.6 is 0 Å². The summed E-state index contributed by atoms with van der Waals surface area (Å²) in [5.74, 6) is 1.25. The van der Waals surface area contributed by atoms with Gasteiger partial charge in [-0.1, -0.05) is 79.9 Å². The quantitative estimate of drug-likeness (QED) is 0.265. The number of benzene rings is 2. The molecule has 0 radical (unpaired) electrons. The van der Waals surface area contributed by atoms with E-state index >= 15 is 0 Å². The third kappa shape index (κ3) is 7.01. The van der Waals surface area contributed by atoms with Crippen LogP contribution in [-0.4, -0.2) is 34.5 Å². The van der Waals surface area contributed by atoms with E-state index < -0.39 is 0 Å². The lowest BCUT2D eigenvalue weighted by Gasteiger charge is -2.35. The average molecular weight is 506 g/mol. The summed E-state index contributed by atoms with van der Waals surface area (Å²) in [7, 11) is 0. The molecule has 5 heteroatoms. The van der Waals surface area contributed by atoms with E-state index in [0.29, 0.717) is 43.7 Å². The summed E-state index contributed by atoms with van der Waals surface area (Å²) in [5.41, 5.74) is 2.31. The van der Waals surface area contributed by atoms with Crippen molar-refractivity contribution in [1.29, 1.82) is 0 Å². The molecule has 0 aliphatic heterocycles. The minimum atomic E-state index is -0.103. The van der Waals surface area contributed by atoms with Gasteiger partial charge in [-0.05, 0) is 67.9 Å². The van der Waals surface area contributed by atoms with Crippen molar-refractivity contribution in [2.24, 2.45) is 17.8 Å². The van der Waals surface area contributed by atoms with Gasteiger partial charge in [-0.15, -0.1) is 0 Å². The van der Waals surface area contributed by atoms with Crippen molar-refractivity contribution in [2.45, 2.75) is 102 Å². The molecule has 1 N–H and O–H groups in total. The maximum atomic E-state index is 13.0. The molecule has 5 nitrogen and oxygen atoms in total. The van der Waals surface area contributed by atoms with E-state index in [4.69, 9.17) is 9.47 Å². The number of hydrogen-bond acceptors (Lipinski definition) is 5. The number of hydroxylamine groups is 2. The fourth-order valence-electron chi connectivity index (χ4n) is 7.15. The van der Waals surface area contributed by atoms with Crippen LogP contribution in [0.3, 0.4) is 0 Å². The van der Waals surface area contributed by atoms with Crippen LogP contribution in [-0.2, 0) is 27.4 Å². The second kappa shape index (κ2) is 13.0. The number of carbonyl (C=O) groups excluding carboxylic acids is 1. The summed E-state index contributed by atoms with van der Waals surface area (Å²) in [5, 5.41) is 12.6. The lowest BCUT2D eigenvalue weighted by molar-refractivity contribution is -0.163. The van der Waals surface area contributed by atoms with E-state index in [1.165, 1.54) is 29.9 Å². The predicted octanol–water partition coefficient (Wildman–Crippen LogP) is 6.92. The zero-order valence-electron chi connectivity index (χ0n) is 22.0. The number of hydrogen-bond donors (Lipinski definition) is 1. The van der Waals surface area contributed by atoms with E-state index in [-0.39, 0.29) is 24.2 Å². The summed E-state index contributed by atoms with van der Waals surface area (Å²) in [4.78, 5) is 13.0.